The number of nitrogens with zero attached hydrogens (tertiary/aromatic N) is 3. The summed E-state index contributed by atoms with van der Waals surface area (Å²) in [5.74, 6) is 0.932. The van der Waals surface area contributed by atoms with Gasteiger partial charge in [-0.15, -0.1) is 0 Å². The van der Waals surface area contributed by atoms with Crippen molar-refractivity contribution in [2.24, 2.45) is 0 Å². The van der Waals surface area contributed by atoms with Crippen LogP contribution in [0.5, 0.6) is 0 Å². The van der Waals surface area contributed by atoms with Crippen LogP contribution >= 0.6 is 0 Å². The van der Waals surface area contributed by atoms with Crippen LogP contribution in [0.25, 0.3) is 0 Å². The Morgan fingerprint density at radius 1 is 1.11 bits per heavy atom. The van der Waals surface area contributed by atoms with Gasteiger partial charge in [-0.2, -0.15) is 0 Å². The van der Waals surface area contributed by atoms with Crippen LogP contribution in [0, 0.1) is 6.92 Å². The Balaban J connectivity index is 1.63. The van der Waals surface area contributed by atoms with Gasteiger partial charge in [0.25, 0.3) is 0 Å². The van der Waals surface area contributed by atoms with Crippen molar-refractivity contribution in [3.63, 3.8) is 0 Å². The van der Waals surface area contributed by atoms with E-state index in [9.17, 15) is 4.79 Å². The third-order valence-corrected chi connectivity index (χ3v) is 5.19. The highest BCUT2D eigenvalue weighted by molar-refractivity contribution is 5.88. The molecule has 0 unspecified atom stereocenters. The van der Waals surface area contributed by atoms with Crippen LogP contribution < -0.4 is 15.5 Å². The Morgan fingerprint density at radius 2 is 1.79 bits per heavy atom. The second-order valence-corrected chi connectivity index (χ2v) is 8.08. The zero-order valence-electron chi connectivity index (χ0n) is 17.3. The maximum atomic E-state index is 12.8. The number of likely N-dealkylation sites (N-methyl/N-ethyl adjacent to an activating group) is 1. The first-order chi connectivity index (χ1) is 13.3. The Morgan fingerprint density at radius 3 is 2.46 bits per heavy atom. The SMILES string of the molecule is Cc1ccc(NC(C)(C)C(=O)NCc2cccnc2N2CCN(C)CC2)cc1. The molecule has 6 heteroatoms. The van der Waals surface area contributed by atoms with E-state index in [4.69, 9.17) is 0 Å². The van der Waals surface area contributed by atoms with Crippen molar-refractivity contribution in [2.75, 3.05) is 43.4 Å². The second-order valence-electron chi connectivity index (χ2n) is 8.08. The summed E-state index contributed by atoms with van der Waals surface area (Å²) in [6, 6.07) is 12.0. The van der Waals surface area contributed by atoms with Gasteiger partial charge in [-0.25, -0.2) is 4.98 Å². The standard InChI is InChI=1S/C22H31N5O/c1-17-7-9-19(10-8-17)25-22(2,3)21(28)24-16-18-6-5-11-23-20(18)27-14-12-26(4)13-15-27/h5-11,25H,12-16H2,1-4H3,(H,24,28). The Hall–Kier alpha value is -2.60. The van der Waals surface area contributed by atoms with Crippen LogP contribution in [0.15, 0.2) is 42.6 Å². The summed E-state index contributed by atoms with van der Waals surface area (Å²) >= 11 is 0. The summed E-state index contributed by atoms with van der Waals surface area (Å²) in [5, 5.41) is 6.40. The number of aromatic nitrogens is 1. The van der Waals surface area contributed by atoms with Crippen LogP contribution in [0.3, 0.4) is 0 Å². The second kappa shape index (κ2) is 8.61. The van der Waals surface area contributed by atoms with Gasteiger partial charge in [0.1, 0.15) is 11.4 Å². The number of anilines is 2. The number of nitrogens with one attached hydrogen (secondary N) is 2. The van der Waals surface area contributed by atoms with Gasteiger partial charge in [-0.1, -0.05) is 23.8 Å². The van der Waals surface area contributed by atoms with Crippen molar-refractivity contribution in [1.82, 2.24) is 15.2 Å². The number of pyridine rings is 1. The zero-order chi connectivity index (χ0) is 20.1. The zero-order valence-corrected chi connectivity index (χ0v) is 17.3. The van der Waals surface area contributed by atoms with Gasteiger partial charge in [0, 0.05) is 50.2 Å². The van der Waals surface area contributed by atoms with Crippen LogP contribution in [0.4, 0.5) is 11.5 Å². The van der Waals surface area contributed by atoms with Crippen molar-refractivity contribution in [3.8, 4) is 0 Å². The Bertz CT molecular complexity index is 795. The van der Waals surface area contributed by atoms with Crippen molar-refractivity contribution in [2.45, 2.75) is 32.9 Å². The average Bonchev–Trinajstić information content (AvgIpc) is 2.68. The predicted molar refractivity (Wildman–Crippen MR) is 115 cm³/mol. The van der Waals surface area contributed by atoms with E-state index in [1.807, 2.05) is 63.4 Å². The topological polar surface area (TPSA) is 60.5 Å². The Kier molecular flexibility index (Phi) is 6.19. The van der Waals surface area contributed by atoms with Gasteiger partial charge in [0.15, 0.2) is 0 Å². The molecule has 1 amide bonds. The highest BCUT2D eigenvalue weighted by Crippen LogP contribution is 2.20. The molecule has 0 radical (unpaired) electrons. The fourth-order valence-corrected chi connectivity index (χ4v) is 3.32. The highest BCUT2D eigenvalue weighted by atomic mass is 16.2. The molecule has 1 aromatic carbocycles. The highest BCUT2D eigenvalue weighted by Gasteiger charge is 2.27. The number of amides is 1. The van der Waals surface area contributed by atoms with E-state index in [1.54, 1.807) is 0 Å². The molecule has 0 saturated carbocycles. The minimum atomic E-state index is -0.717. The number of hydrogen-bond donors (Lipinski definition) is 2. The number of carbonyl (C=O) groups is 1. The van der Waals surface area contributed by atoms with Crippen molar-refractivity contribution < 1.29 is 4.79 Å². The van der Waals surface area contributed by atoms with E-state index in [1.165, 1.54) is 5.56 Å². The lowest BCUT2D eigenvalue weighted by Crippen LogP contribution is -2.48. The van der Waals surface area contributed by atoms with Gasteiger partial charge in [0.2, 0.25) is 5.91 Å². The molecular formula is C22H31N5O. The lowest BCUT2D eigenvalue weighted by atomic mass is 10.0. The average molecular weight is 382 g/mol. The molecule has 3 rings (SSSR count). The smallest absolute Gasteiger partial charge is 0.245 e. The maximum absolute atomic E-state index is 12.8. The minimum absolute atomic E-state index is 0.0405. The van der Waals surface area contributed by atoms with E-state index in [0.29, 0.717) is 6.54 Å². The molecule has 2 aromatic rings. The number of rotatable bonds is 6. The van der Waals surface area contributed by atoms with Gasteiger partial charge >= 0.3 is 0 Å². The summed E-state index contributed by atoms with van der Waals surface area (Å²) in [6.45, 7) is 10.3. The van der Waals surface area contributed by atoms with E-state index in [-0.39, 0.29) is 5.91 Å². The van der Waals surface area contributed by atoms with Crippen LogP contribution in [0.1, 0.15) is 25.0 Å². The molecule has 2 heterocycles. The molecule has 0 spiro atoms. The fourth-order valence-electron chi connectivity index (χ4n) is 3.32. The monoisotopic (exact) mass is 381 g/mol. The summed E-state index contributed by atoms with van der Waals surface area (Å²) < 4.78 is 0. The molecule has 0 aliphatic carbocycles. The van der Waals surface area contributed by atoms with E-state index in [0.717, 1.165) is 43.2 Å². The van der Waals surface area contributed by atoms with Gasteiger partial charge in [0.05, 0.1) is 0 Å². The summed E-state index contributed by atoms with van der Waals surface area (Å²) in [6.07, 6.45) is 1.82. The quantitative estimate of drug-likeness (QED) is 0.806. The van der Waals surface area contributed by atoms with Crippen molar-refractivity contribution in [3.05, 3.63) is 53.7 Å². The molecule has 28 heavy (non-hydrogen) atoms. The lowest BCUT2D eigenvalue weighted by molar-refractivity contribution is -0.124. The van der Waals surface area contributed by atoms with Crippen molar-refractivity contribution in [1.29, 1.82) is 0 Å². The van der Waals surface area contributed by atoms with E-state index in [2.05, 4.69) is 32.5 Å². The fraction of sp³-hybridized carbons (Fsp3) is 0.455. The lowest BCUT2D eigenvalue weighted by Gasteiger charge is -2.34. The summed E-state index contributed by atoms with van der Waals surface area (Å²) in [5.41, 5.74) is 2.46. The van der Waals surface area contributed by atoms with Gasteiger partial charge in [-0.3, -0.25) is 4.79 Å². The number of benzene rings is 1. The number of piperazine rings is 1. The van der Waals surface area contributed by atoms with E-state index < -0.39 is 5.54 Å². The molecule has 1 aliphatic heterocycles. The first kappa shape index (κ1) is 20.1. The Labute approximate surface area is 167 Å². The first-order valence-electron chi connectivity index (χ1n) is 9.86. The summed E-state index contributed by atoms with van der Waals surface area (Å²) in [7, 11) is 2.14. The van der Waals surface area contributed by atoms with Crippen molar-refractivity contribution >= 4 is 17.4 Å². The molecule has 1 fully saturated rings. The third-order valence-electron chi connectivity index (χ3n) is 5.19. The van der Waals surface area contributed by atoms with Crippen LogP contribution in [0.2, 0.25) is 0 Å². The minimum Gasteiger partial charge on any atom is -0.372 e. The van der Waals surface area contributed by atoms with Gasteiger partial charge < -0.3 is 20.4 Å². The molecule has 150 valence electrons. The van der Waals surface area contributed by atoms with Crippen LogP contribution in [-0.2, 0) is 11.3 Å². The molecule has 1 aromatic heterocycles. The largest absolute Gasteiger partial charge is 0.372 e. The number of hydrogen-bond acceptors (Lipinski definition) is 5. The number of carbonyl (C=O) groups excluding carboxylic acids is 1. The molecule has 1 aliphatic rings. The van der Waals surface area contributed by atoms with Gasteiger partial charge in [-0.05, 0) is 46.0 Å². The maximum Gasteiger partial charge on any atom is 0.245 e. The normalized spacial score (nSPS) is 15.4. The molecule has 1 saturated heterocycles. The number of aryl methyl sites for hydroxylation is 1. The summed E-state index contributed by atoms with van der Waals surface area (Å²) in [4.78, 5) is 22.0. The van der Waals surface area contributed by atoms with E-state index >= 15 is 0 Å². The third kappa shape index (κ3) is 5.01. The predicted octanol–water partition coefficient (Wildman–Crippen LogP) is 2.65. The first-order valence-corrected chi connectivity index (χ1v) is 9.86. The molecule has 6 nitrogen and oxygen atoms in total. The van der Waals surface area contributed by atoms with Crippen LogP contribution in [-0.4, -0.2) is 54.6 Å². The molecule has 0 bridgehead atoms. The molecule has 2 N–H and O–H groups in total. The molecular weight excluding hydrogens is 350 g/mol. The molecule has 0 atom stereocenters.